The molecule has 2 fully saturated rings. The van der Waals surface area contributed by atoms with Gasteiger partial charge in [0.2, 0.25) is 0 Å². The van der Waals surface area contributed by atoms with Crippen molar-refractivity contribution in [2.24, 2.45) is 11.7 Å². The number of primary amides is 1. The van der Waals surface area contributed by atoms with Crippen LogP contribution in [0.1, 0.15) is 41.1 Å². The van der Waals surface area contributed by atoms with Gasteiger partial charge in [-0.05, 0) is 68.9 Å². The Morgan fingerprint density at radius 1 is 1.21 bits per heavy atom. The molecule has 0 unspecified atom stereocenters. The van der Waals surface area contributed by atoms with E-state index in [0.29, 0.717) is 29.5 Å². The zero-order valence-electron chi connectivity index (χ0n) is 19.2. The lowest BCUT2D eigenvalue weighted by atomic mass is 9.97. The van der Waals surface area contributed by atoms with Crippen LogP contribution in [0.15, 0.2) is 34.9 Å². The van der Waals surface area contributed by atoms with Crippen molar-refractivity contribution in [3.63, 3.8) is 0 Å². The molecule has 1 amide bonds. The highest BCUT2D eigenvalue weighted by atomic mass is 32.3. The Morgan fingerprint density at radius 3 is 2.62 bits per heavy atom. The number of rotatable bonds is 5. The molecule has 0 atom stereocenters. The molecule has 0 spiro atoms. The lowest BCUT2D eigenvalue weighted by Crippen LogP contribution is -2.21. The summed E-state index contributed by atoms with van der Waals surface area (Å²) in [6, 6.07) is 9.92. The highest BCUT2D eigenvalue weighted by Gasteiger charge is 2.31. The molecule has 8 nitrogen and oxygen atoms in total. The maximum atomic E-state index is 12.7. The van der Waals surface area contributed by atoms with Gasteiger partial charge in [0.15, 0.2) is 0 Å². The zero-order valence-corrected chi connectivity index (χ0v) is 20.1. The third-order valence-corrected chi connectivity index (χ3v) is 9.02. The molecule has 0 radical (unpaired) electrons. The highest BCUT2D eigenvalue weighted by molar-refractivity contribution is 8.25. The van der Waals surface area contributed by atoms with Gasteiger partial charge in [-0.1, -0.05) is 11.2 Å². The Labute approximate surface area is 198 Å². The molecular formula is C25H28N4O4S. The SMILES string of the molecule is Cc1noc(C)c1-c1cc(C(N)=O)c2c(c1)c1ccc(N3CCCS3(O)O)cc1n2CC1CC1. The normalized spacial score (nSPS) is 18.8. The van der Waals surface area contributed by atoms with E-state index in [2.05, 4.69) is 15.8 Å². The summed E-state index contributed by atoms with van der Waals surface area (Å²) < 4.78 is 30.4. The number of aromatic nitrogens is 2. The summed E-state index contributed by atoms with van der Waals surface area (Å²) in [7, 11) is -2.80. The number of nitrogens with zero attached hydrogens (tertiary/aromatic N) is 3. The summed E-state index contributed by atoms with van der Waals surface area (Å²) in [5.41, 5.74) is 11.5. The monoisotopic (exact) mass is 480 g/mol. The lowest BCUT2D eigenvalue weighted by molar-refractivity contribution is 0.100. The van der Waals surface area contributed by atoms with Crippen molar-refractivity contribution in [1.82, 2.24) is 9.72 Å². The average molecular weight is 481 g/mol. The van der Waals surface area contributed by atoms with Crippen LogP contribution in [0.25, 0.3) is 32.9 Å². The van der Waals surface area contributed by atoms with Crippen LogP contribution in [0.4, 0.5) is 5.69 Å². The maximum Gasteiger partial charge on any atom is 0.250 e. The van der Waals surface area contributed by atoms with Crippen LogP contribution >= 0.6 is 10.8 Å². The summed E-state index contributed by atoms with van der Waals surface area (Å²) in [5.74, 6) is 1.17. The van der Waals surface area contributed by atoms with Crippen molar-refractivity contribution in [3.05, 3.63) is 47.3 Å². The molecule has 3 heterocycles. The quantitative estimate of drug-likeness (QED) is 0.350. The molecule has 2 aromatic carbocycles. The van der Waals surface area contributed by atoms with Crippen LogP contribution in [0, 0.1) is 19.8 Å². The van der Waals surface area contributed by atoms with Crippen LogP contribution in [-0.4, -0.2) is 37.0 Å². The molecule has 1 saturated heterocycles. The molecule has 1 aliphatic heterocycles. The summed E-state index contributed by atoms with van der Waals surface area (Å²) in [5, 5.41) is 6.04. The average Bonchev–Trinajstić information content (AvgIpc) is 3.36. The van der Waals surface area contributed by atoms with Crippen LogP contribution in [0.5, 0.6) is 0 Å². The van der Waals surface area contributed by atoms with E-state index in [4.69, 9.17) is 10.3 Å². The van der Waals surface area contributed by atoms with Gasteiger partial charge in [-0.25, -0.2) is 0 Å². The van der Waals surface area contributed by atoms with E-state index in [1.165, 1.54) is 0 Å². The maximum absolute atomic E-state index is 12.7. The third kappa shape index (κ3) is 3.30. The van der Waals surface area contributed by atoms with Crippen LogP contribution < -0.4 is 10.0 Å². The number of benzene rings is 2. The van der Waals surface area contributed by atoms with Crippen molar-refractivity contribution < 1.29 is 18.4 Å². The minimum Gasteiger partial charge on any atom is -0.366 e. The number of anilines is 1. The van der Waals surface area contributed by atoms with Crippen molar-refractivity contribution in [2.75, 3.05) is 16.6 Å². The molecule has 9 heteroatoms. The summed E-state index contributed by atoms with van der Waals surface area (Å²) >= 11 is 0. The second-order valence-electron chi connectivity index (χ2n) is 9.53. The summed E-state index contributed by atoms with van der Waals surface area (Å²) in [6.45, 7) is 5.15. The Morgan fingerprint density at radius 2 is 2.00 bits per heavy atom. The van der Waals surface area contributed by atoms with Crippen molar-refractivity contribution in [3.8, 4) is 11.1 Å². The lowest BCUT2D eigenvalue weighted by Gasteiger charge is -2.38. The van der Waals surface area contributed by atoms with Crippen LogP contribution in [-0.2, 0) is 6.54 Å². The van der Waals surface area contributed by atoms with Gasteiger partial charge in [0.1, 0.15) is 5.76 Å². The predicted molar refractivity (Wildman–Crippen MR) is 135 cm³/mol. The minimum absolute atomic E-state index is 0.392. The number of amides is 1. The number of carbonyl (C=O) groups excluding carboxylic acids is 1. The molecule has 4 N–H and O–H groups in total. The number of aryl methyl sites for hydroxylation is 2. The van der Waals surface area contributed by atoms with Crippen molar-refractivity contribution in [1.29, 1.82) is 0 Å². The van der Waals surface area contributed by atoms with Crippen LogP contribution in [0.3, 0.4) is 0 Å². The largest absolute Gasteiger partial charge is 0.366 e. The van der Waals surface area contributed by atoms with E-state index in [-0.39, 0.29) is 0 Å². The summed E-state index contributed by atoms with van der Waals surface area (Å²) in [4.78, 5) is 12.7. The molecule has 1 aliphatic carbocycles. The molecule has 0 bridgehead atoms. The molecule has 34 heavy (non-hydrogen) atoms. The van der Waals surface area contributed by atoms with Crippen molar-refractivity contribution >= 4 is 44.2 Å². The van der Waals surface area contributed by atoms with Gasteiger partial charge in [0, 0.05) is 29.4 Å². The van der Waals surface area contributed by atoms with Gasteiger partial charge in [-0.15, -0.1) is 10.8 Å². The Hall–Kier alpha value is -3.01. The first-order valence-corrected chi connectivity index (χ1v) is 13.3. The smallest absolute Gasteiger partial charge is 0.250 e. The molecule has 178 valence electrons. The fourth-order valence-corrected chi connectivity index (χ4v) is 6.92. The first kappa shape index (κ1) is 21.5. The van der Waals surface area contributed by atoms with Gasteiger partial charge in [0.05, 0.1) is 33.7 Å². The fraction of sp³-hybridized carbons (Fsp3) is 0.360. The number of fused-ring (bicyclic) bond motifs is 3. The van der Waals surface area contributed by atoms with E-state index >= 15 is 0 Å². The molecule has 2 aliphatic rings. The van der Waals surface area contributed by atoms with Gasteiger partial charge in [0.25, 0.3) is 5.91 Å². The van der Waals surface area contributed by atoms with Gasteiger partial charge in [-0.2, -0.15) is 0 Å². The fourth-order valence-electron chi connectivity index (χ4n) is 5.31. The second kappa shape index (κ2) is 7.49. The first-order valence-electron chi connectivity index (χ1n) is 11.6. The van der Waals surface area contributed by atoms with E-state index in [1.807, 2.05) is 38.1 Å². The Balaban J connectivity index is 1.65. The minimum atomic E-state index is -2.80. The van der Waals surface area contributed by atoms with Gasteiger partial charge < -0.3 is 14.8 Å². The van der Waals surface area contributed by atoms with Gasteiger partial charge in [-0.3, -0.25) is 18.2 Å². The highest BCUT2D eigenvalue weighted by Crippen LogP contribution is 2.51. The number of hydrogen-bond acceptors (Lipinski definition) is 6. The Kier molecular flexibility index (Phi) is 4.74. The van der Waals surface area contributed by atoms with E-state index in [1.54, 1.807) is 4.31 Å². The second-order valence-corrected chi connectivity index (χ2v) is 11.6. The molecular weight excluding hydrogens is 452 g/mol. The Bertz CT molecular complexity index is 1450. The van der Waals surface area contributed by atoms with Crippen LogP contribution in [0.2, 0.25) is 0 Å². The molecule has 6 rings (SSSR count). The molecule has 2 aromatic heterocycles. The first-order chi connectivity index (χ1) is 16.2. The third-order valence-electron chi connectivity index (χ3n) is 7.09. The number of carbonyl (C=O) groups is 1. The number of hydrogen-bond donors (Lipinski definition) is 3. The zero-order chi connectivity index (χ0) is 23.8. The molecule has 4 aromatic rings. The van der Waals surface area contributed by atoms with E-state index in [0.717, 1.165) is 70.1 Å². The van der Waals surface area contributed by atoms with E-state index < -0.39 is 16.7 Å². The predicted octanol–water partition coefficient (Wildman–Crippen LogP) is 5.45. The number of nitrogens with two attached hydrogens (primary N) is 1. The summed E-state index contributed by atoms with van der Waals surface area (Å²) in [6.07, 6.45) is 3.07. The van der Waals surface area contributed by atoms with Gasteiger partial charge >= 0.3 is 0 Å². The van der Waals surface area contributed by atoms with Crippen molar-refractivity contribution in [2.45, 2.75) is 39.7 Å². The van der Waals surface area contributed by atoms with E-state index in [9.17, 15) is 13.9 Å². The standard InChI is InChI=1S/C25H28N4O4S/c1-14-23(15(2)33-27-14)17-10-20-19-7-6-18(29-8-3-9-34(29,31)32)12-22(19)28(13-16-4-5-16)24(20)21(11-17)25(26)30/h6-7,10-12,16,31-32H,3-5,8-9,13H2,1-2H3,(H2,26,30). The topological polar surface area (TPSA) is 118 Å². The molecule has 1 saturated carbocycles.